The molecule has 2 rings (SSSR count). The van der Waals surface area contributed by atoms with Crippen LogP contribution < -0.4 is 5.32 Å². The minimum absolute atomic E-state index is 0.317. The van der Waals surface area contributed by atoms with Crippen molar-refractivity contribution in [1.29, 1.82) is 0 Å². The molecule has 0 spiro atoms. The SMILES string of the molecule is CNc1nc(C(C)C)nc(-c2ccc(C)cc2)c1C. The van der Waals surface area contributed by atoms with Crippen LogP contribution in [0.2, 0.25) is 0 Å². The van der Waals surface area contributed by atoms with Crippen LogP contribution >= 0.6 is 0 Å². The summed E-state index contributed by atoms with van der Waals surface area (Å²) in [4.78, 5) is 9.30. The Balaban J connectivity index is 2.61. The van der Waals surface area contributed by atoms with Crippen LogP contribution in [0.15, 0.2) is 24.3 Å². The van der Waals surface area contributed by atoms with Gasteiger partial charge >= 0.3 is 0 Å². The highest BCUT2D eigenvalue weighted by Gasteiger charge is 2.13. The lowest BCUT2D eigenvalue weighted by molar-refractivity contribution is 0.775. The van der Waals surface area contributed by atoms with Crippen LogP contribution in [0.25, 0.3) is 11.3 Å². The van der Waals surface area contributed by atoms with Crippen molar-refractivity contribution < 1.29 is 0 Å². The maximum Gasteiger partial charge on any atom is 0.133 e. The summed E-state index contributed by atoms with van der Waals surface area (Å²) in [5, 5.41) is 3.16. The molecule has 3 heteroatoms. The normalized spacial score (nSPS) is 10.8. The maximum atomic E-state index is 4.73. The van der Waals surface area contributed by atoms with E-state index in [1.54, 1.807) is 0 Å². The van der Waals surface area contributed by atoms with Crippen LogP contribution in [-0.2, 0) is 0 Å². The molecule has 0 bridgehead atoms. The van der Waals surface area contributed by atoms with Gasteiger partial charge in [-0.3, -0.25) is 0 Å². The van der Waals surface area contributed by atoms with E-state index in [1.807, 2.05) is 7.05 Å². The summed E-state index contributed by atoms with van der Waals surface area (Å²) in [6, 6.07) is 8.47. The number of anilines is 1. The number of hydrogen-bond donors (Lipinski definition) is 1. The third kappa shape index (κ3) is 2.75. The van der Waals surface area contributed by atoms with E-state index < -0.39 is 0 Å². The summed E-state index contributed by atoms with van der Waals surface area (Å²) in [6.07, 6.45) is 0. The van der Waals surface area contributed by atoms with E-state index >= 15 is 0 Å². The molecule has 1 heterocycles. The van der Waals surface area contributed by atoms with E-state index in [-0.39, 0.29) is 0 Å². The first-order valence-corrected chi connectivity index (χ1v) is 6.66. The van der Waals surface area contributed by atoms with Crippen molar-refractivity contribution >= 4 is 5.82 Å². The Morgan fingerprint density at radius 3 is 2.16 bits per heavy atom. The molecule has 0 aliphatic carbocycles. The molecule has 1 aromatic carbocycles. The zero-order chi connectivity index (χ0) is 14.0. The van der Waals surface area contributed by atoms with Crippen LogP contribution in [0.4, 0.5) is 5.82 Å². The Bertz CT molecular complexity index is 571. The summed E-state index contributed by atoms with van der Waals surface area (Å²) in [5.41, 5.74) is 4.51. The molecule has 100 valence electrons. The second-order valence-electron chi connectivity index (χ2n) is 5.17. The largest absolute Gasteiger partial charge is 0.373 e. The molecule has 0 saturated carbocycles. The lowest BCUT2D eigenvalue weighted by Crippen LogP contribution is -2.06. The number of nitrogens with zero attached hydrogens (tertiary/aromatic N) is 2. The first kappa shape index (κ1) is 13.5. The number of rotatable bonds is 3. The minimum Gasteiger partial charge on any atom is -0.373 e. The van der Waals surface area contributed by atoms with E-state index in [0.29, 0.717) is 5.92 Å². The van der Waals surface area contributed by atoms with Crippen LogP contribution in [0.1, 0.15) is 36.7 Å². The predicted molar refractivity (Wildman–Crippen MR) is 80.6 cm³/mol. The Hall–Kier alpha value is -1.90. The quantitative estimate of drug-likeness (QED) is 0.903. The molecule has 0 aliphatic rings. The maximum absolute atomic E-state index is 4.73. The highest BCUT2D eigenvalue weighted by atomic mass is 15.0. The fourth-order valence-corrected chi connectivity index (χ4v) is 2.03. The Morgan fingerprint density at radius 2 is 1.63 bits per heavy atom. The van der Waals surface area contributed by atoms with Gasteiger partial charge in [0.15, 0.2) is 0 Å². The molecule has 0 radical (unpaired) electrons. The molecule has 19 heavy (non-hydrogen) atoms. The third-order valence-electron chi connectivity index (χ3n) is 3.24. The van der Waals surface area contributed by atoms with E-state index in [2.05, 4.69) is 62.3 Å². The topological polar surface area (TPSA) is 37.8 Å². The van der Waals surface area contributed by atoms with Crippen molar-refractivity contribution in [2.24, 2.45) is 0 Å². The standard InChI is InChI=1S/C16H21N3/c1-10(2)15-18-14(12(4)16(17-5)19-15)13-8-6-11(3)7-9-13/h6-10H,1-5H3,(H,17,18,19). The van der Waals surface area contributed by atoms with Gasteiger partial charge in [0.25, 0.3) is 0 Å². The molecular weight excluding hydrogens is 234 g/mol. The van der Waals surface area contributed by atoms with E-state index in [0.717, 1.165) is 28.5 Å². The lowest BCUT2D eigenvalue weighted by atomic mass is 10.0. The summed E-state index contributed by atoms with van der Waals surface area (Å²) in [6.45, 7) is 8.38. The van der Waals surface area contributed by atoms with Crippen molar-refractivity contribution in [3.8, 4) is 11.3 Å². The van der Waals surface area contributed by atoms with Crippen LogP contribution in [0.5, 0.6) is 0 Å². The first-order valence-electron chi connectivity index (χ1n) is 6.66. The molecule has 0 fully saturated rings. The average Bonchev–Trinajstić information content (AvgIpc) is 2.40. The lowest BCUT2D eigenvalue weighted by Gasteiger charge is -2.14. The summed E-state index contributed by atoms with van der Waals surface area (Å²) < 4.78 is 0. The highest BCUT2D eigenvalue weighted by molar-refractivity contribution is 5.68. The zero-order valence-corrected chi connectivity index (χ0v) is 12.3. The summed E-state index contributed by atoms with van der Waals surface area (Å²) in [7, 11) is 1.90. The van der Waals surface area contributed by atoms with Gasteiger partial charge in [-0.25, -0.2) is 9.97 Å². The summed E-state index contributed by atoms with van der Waals surface area (Å²) in [5.74, 6) is 2.11. The van der Waals surface area contributed by atoms with Crippen molar-refractivity contribution in [2.75, 3.05) is 12.4 Å². The molecular formula is C16H21N3. The van der Waals surface area contributed by atoms with Gasteiger partial charge in [-0.2, -0.15) is 0 Å². The number of nitrogens with one attached hydrogen (secondary N) is 1. The summed E-state index contributed by atoms with van der Waals surface area (Å²) >= 11 is 0. The molecule has 0 amide bonds. The number of aromatic nitrogens is 2. The van der Waals surface area contributed by atoms with E-state index in [4.69, 9.17) is 4.98 Å². The van der Waals surface area contributed by atoms with E-state index in [1.165, 1.54) is 5.56 Å². The second kappa shape index (κ2) is 5.39. The zero-order valence-electron chi connectivity index (χ0n) is 12.3. The van der Waals surface area contributed by atoms with Crippen molar-refractivity contribution in [2.45, 2.75) is 33.6 Å². The predicted octanol–water partition coefficient (Wildman–Crippen LogP) is 3.93. The second-order valence-corrected chi connectivity index (χ2v) is 5.17. The molecule has 0 unspecified atom stereocenters. The van der Waals surface area contributed by atoms with Crippen LogP contribution in [0, 0.1) is 13.8 Å². The van der Waals surface area contributed by atoms with Gasteiger partial charge in [-0.1, -0.05) is 43.7 Å². The molecule has 0 aliphatic heterocycles. The Kier molecular flexibility index (Phi) is 3.84. The Labute approximate surface area is 115 Å². The average molecular weight is 255 g/mol. The minimum atomic E-state index is 0.317. The van der Waals surface area contributed by atoms with Gasteiger partial charge in [-0.05, 0) is 13.8 Å². The molecule has 1 N–H and O–H groups in total. The monoisotopic (exact) mass is 255 g/mol. The van der Waals surface area contributed by atoms with Gasteiger partial charge in [0.2, 0.25) is 0 Å². The molecule has 1 aromatic heterocycles. The third-order valence-corrected chi connectivity index (χ3v) is 3.24. The molecule has 3 nitrogen and oxygen atoms in total. The fourth-order valence-electron chi connectivity index (χ4n) is 2.03. The van der Waals surface area contributed by atoms with Gasteiger partial charge in [0.1, 0.15) is 11.6 Å². The van der Waals surface area contributed by atoms with Gasteiger partial charge < -0.3 is 5.32 Å². The van der Waals surface area contributed by atoms with Crippen molar-refractivity contribution in [3.63, 3.8) is 0 Å². The van der Waals surface area contributed by atoms with E-state index in [9.17, 15) is 0 Å². The molecule has 0 saturated heterocycles. The highest BCUT2D eigenvalue weighted by Crippen LogP contribution is 2.27. The smallest absolute Gasteiger partial charge is 0.133 e. The number of aryl methyl sites for hydroxylation is 1. The Morgan fingerprint density at radius 1 is 1.00 bits per heavy atom. The van der Waals surface area contributed by atoms with Gasteiger partial charge in [-0.15, -0.1) is 0 Å². The fraction of sp³-hybridized carbons (Fsp3) is 0.375. The first-order chi connectivity index (χ1) is 9.02. The van der Waals surface area contributed by atoms with Gasteiger partial charge in [0.05, 0.1) is 5.69 Å². The number of hydrogen-bond acceptors (Lipinski definition) is 3. The van der Waals surface area contributed by atoms with Crippen LogP contribution in [-0.4, -0.2) is 17.0 Å². The van der Waals surface area contributed by atoms with Crippen molar-refractivity contribution in [3.05, 3.63) is 41.2 Å². The van der Waals surface area contributed by atoms with Gasteiger partial charge in [0, 0.05) is 24.1 Å². The molecule has 0 atom stereocenters. The van der Waals surface area contributed by atoms with Crippen molar-refractivity contribution in [1.82, 2.24) is 9.97 Å². The molecule has 2 aromatic rings. The van der Waals surface area contributed by atoms with Crippen LogP contribution in [0.3, 0.4) is 0 Å². The number of benzene rings is 1.